The number of rotatable bonds is 6. The minimum absolute atomic E-state index is 0.0223. The molecule has 2 aliphatic heterocycles. The topological polar surface area (TPSA) is 97.0 Å². The van der Waals surface area contributed by atoms with Crippen LogP contribution in [0.2, 0.25) is 0 Å². The van der Waals surface area contributed by atoms with Gasteiger partial charge < -0.3 is 15.0 Å². The number of hydrogen-bond donors (Lipinski definition) is 2. The molecule has 2 fully saturated rings. The molecule has 1 aliphatic carbocycles. The Morgan fingerprint density at radius 2 is 1.77 bits per heavy atom. The molecule has 1 unspecified atom stereocenters. The number of carbonyl (C=O) groups excluding carboxylic acids is 3. The summed E-state index contributed by atoms with van der Waals surface area (Å²) in [5, 5.41) is 3.07. The van der Waals surface area contributed by atoms with Crippen molar-refractivity contribution in [2.24, 2.45) is 11.8 Å². The molecule has 3 aliphatic rings. The lowest BCUT2D eigenvalue weighted by Crippen LogP contribution is -2.50. The fraction of sp³-hybridized carbons (Fsp3) is 0.815. The Morgan fingerprint density at radius 3 is 2.51 bits per heavy atom. The summed E-state index contributed by atoms with van der Waals surface area (Å²) in [6.07, 6.45) is 17.3. The predicted molar refractivity (Wildman–Crippen MR) is 134 cm³/mol. The van der Waals surface area contributed by atoms with Crippen LogP contribution in [0.25, 0.3) is 0 Å². The number of hydroxylamine groups is 1. The molecule has 0 aromatic carbocycles. The van der Waals surface area contributed by atoms with E-state index in [1.807, 2.05) is 7.05 Å². The van der Waals surface area contributed by atoms with E-state index in [-0.39, 0.29) is 24.1 Å². The summed E-state index contributed by atoms with van der Waals surface area (Å²) >= 11 is 0. The first-order valence-electron chi connectivity index (χ1n) is 13.8. The molecule has 0 bridgehead atoms. The number of hydrogen-bond acceptors (Lipinski definition) is 5. The summed E-state index contributed by atoms with van der Waals surface area (Å²) in [5.41, 5.74) is 2.48. The molecule has 2 N–H and O–H groups in total. The van der Waals surface area contributed by atoms with Crippen molar-refractivity contribution in [2.75, 3.05) is 20.2 Å². The van der Waals surface area contributed by atoms with E-state index in [4.69, 9.17) is 9.57 Å². The Morgan fingerprint density at radius 1 is 1.03 bits per heavy atom. The van der Waals surface area contributed by atoms with Gasteiger partial charge in [0.1, 0.15) is 6.04 Å². The van der Waals surface area contributed by atoms with Crippen LogP contribution < -0.4 is 10.8 Å². The van der Waals surface area contributed by atoms with Crippen LogP contribution in [0.1, 0.15) is 96.3 Å². The zero-order chi connectivity index (χ0) is 24.9. The van der Waals surface area contributed by atoms with Crippen molar-refractivity contribution in [3.05, 3.63) is 12.2 Å². The molecule has 1 saturated carbocycles. The van der Waals surface area contributed by atoms with Gasteiger partial charge in [-0.1, -0.05) is 44.3 Å². The number of amides is 3. The van der Waals surface area contributed by atoms with E-state index in [1.165, 1.54) is 19.3 Å². The molecule has 8 nitrogen and oxygen atoms in total. The van der Waals surface area contributed by atoms with Gasteiger partial charge in [-0.25, -0.2) is 10.3 Å². The molecule has 3 amide bonds. The van der Waals surface area contributed by atoms with Crippen LogP contribution in [0.3, 0.4) is 0 Å². The number of likely N-dealkylation sites (N-methyl/N-ethyl adjacent to an activating group) is 1. The standard InChI is InChI=1S/C27H45N3O5/c1-30-17-11-5-3-2-4-9-15-22(20-24(31)29-35-25-16-10-12-18-34-25)26(32)28-23(27(30)33)19-21-13-7-6-8-14-21/h2-3,21-23,25H,4-20H2,1H3,(H,28,32)(H,29,31)/b3-2+/t22-,23+,25?/m1/s1. The van der Waals surface area contributed by atoms with Crippen molar-refractivity contribution in [3.8, 4) is 0 Å². The zero-order valence-electron chi connectivity index (χ0n) is 21.5. The van der Waals surface area contributed by atoms with Crippen LogP contribution in [0.5, 0.6) is 0 Å². The normalized spacial score (nSPS) is 29.2. The molecule has 3 atom stereocenters. The van der Waals surface area contributed by atoms with Crippen LogP contribution in [0.15, 0.2) is 12.2 Å². The van der Waals surface area contributed by atoms with Gasteiger partial charge in [-0.15, -0.1) is 0 Å². The van der Waals surface area contributed by atoms with Crippen molar-refractivity contribution in [1.29, 1.82) is 0 Å². The van der Waals surface area contributed by atoms with Crippen molar-refractivity contribution in [2.45, 2.75) is 109 Å². The largest absolute Gasteiger partial charge is 0.350 e. The predicted octanol–water partition coefficient (Wildman–Crippen LogP) is 4.00. The summed E-state index contributed by atoms with van der Waals surface area (Å²) in [5.74, 6) is -0.611. The van der Waals surface area contributed by atoms with Crippen molar-refractivity contribution < 1.29 is 24.0 Å². The molecule has 0 spiro atoms. The van der Waals surface area contributed by atoms with Crippen LogP contribution >= 0.6 is 0 Å². The summed E-state index contributed by atoms with van der Waals surface area (Å²) in [7, 11) is 1.83. The highest BCUT2D eigenvalue weighted by Gasteiger charge is 2.31. The van der Waals surface area contributed by atoms with Gasteiger partial charge in [0.05, 0.1) is 0 Å². The van der Waals surface area contributed by atoms with Gasteiger partial charge in [-0.3, -0.25) is 14.4 Å². The molecule has 8 heteroatoms. The molecule has 1 saturated heterocycles. The van der Waals surface area contributed by atoms with Gasteiger partial charge in [0, 0.05) is 39.0 Å². The summed E-state index contributed by atoms with van der Waals surface area (Å²) in [4.78, 5) is 46.5. The lowest BCUT2D eigenvalue weighted by Gasteiger charge is -2.30. The number of carbonyl (C=O) groups is 3. The highest BCUT2D eigenvalue weighted by atomic mass is 16.8. The molecule has 2 heterocycles. The fourth-order valence-electron chi connectivity index (χ4n) is 5.33. The maximum atomic E-state index is 13.4. The van der Waals surface area contributed by atoms with Gasteiger partial charge in [0.2, 0.25) is 17.7 Å². The van der Waals surface area contributed by atoms with Gasteiger partial charge in [0.25, 0.3) is 0 Å². The molecule has 35 heavy (non-hydrogen) atoms. The SMILES string of the molecule is CN1CCC/C=C/CCC[C@H](CC(=O)NOC2CCCCO2)C(=O)N[C@@H](CC2CCCCC2)C1=O. The molecule has 0 aromatic heterocycles. The van der Waals surface area contributed by atoms with Crippen molar-refractivity contribution in [3.63, 3.8) is 0 Å². The highest BCUT2D eigenvalue weighted by Crippen LogP contribution is 2.28. The number of nitrogens with one attached hydrogen (secondary N) is 2. The monoisotopic (exact) mass is 491 g/mol. The minimum Gasteiger partial charge on any atom is -0.350 e. The van der Waals surface area contributed by atoms with E-state index in [0.29, 0.717) is 31.9 Å². The van der Waals surface area contributed by atoms with E-state index in [2.05, 4.69) is 22.9 Å². The lowest BCUT2D eigenvalue weighted by molar-refractivity contribution is -0.200. The van der Waals surface area contributed by atoms with Crippen molar-refractivity contribution >= 4 is 17.7 Å². The third kappa shape index (κ3) is 9.92. The Hall–Kier alpha value is -1.93. The molecule has 198 valence electrons. The van der Waals surface area contributed by atoms with Crippen molar-refractivity contribution in [1.82, 2.24) is 15.7 Å². The average Bonchev–Trinajstić information content (AvgIpc) is 2.88. The second-order valence-electron chi connectivity index (χ2n) is 10.4. The first-order chi connectivity index (χ1) is 17.0. The molecule has 3 rings (SSSR count). The van der Waals surface area contributed by atoms with E-state index < -0.39 is 18.2 Å². The molecular weight excluding hydrogens is 446 g/mol. The maximum absolute atomic E-state index is 13.4. The Labute approximate surface area is 210 Å². The Bertz CT molecular complexity index is 701. The third-order valence-corrected chi connectivity index (χ3v) is 7.48. The Balaban J connectivity index is 1.64. The van der Waals surface area contributed by atoms with E-state index in [0.717, 1.165) is 57.8 Å². The maximum Gasteiger partial charge on any atom is 0.244 e. The van der Waals surface area contributed by atoms with Crippen LogP contribution in [-0.2, 0) is 24.0 Å². The van der Waals surface area contributed by atoms with Crippen LogP contribution in [0, 0.1) is 11.8 Å². The fourth-order valence-corrected chi connectivity index (χ4v) is 5.33. The first-order valence-corrected chi connectivity index (χ1v) is 13.8. The second-order valence-corrected chi connectivity index (χ2v) is 10.4. The third-order valence-electron chi connectivity index (χ3n) is 7.48. The second kappa shape index (κ2) is 15.2. The molecular formula is C27H45N3O5. The van der Waals surface area contributed by atoms with E-state index in [9.17, 15) is 14.4 Å². The number of allylic oxidation sites excluding steroid dienone is 2. The van der Waals surface area contributed by atoms with Gasteiger partial charge in [-0.05, 0) is 57.3 Å². The Kier molecular flexibility index (Phi) is 12.0. The van der Waals surface area contributed by atoms with Crippen LogP contribution in [0.4, 0.5) is 0 Å². The smallest absolute Gasteiger partial charge is 0.244 e. The lowest BCUT2D eigenvalue weighted by atomic mass is 9.84. The number of nitrogens with zero attached hydrogens (tertiary/aromatic N) is 1. The summed E-state index contributed by atoms with van der Waals surface area (Å²) in [6.45, 7) is 1.30. The quantitative estimate of drug-likeness (QED) is 0.432. The molecule has 0 aromatic rings. The number of ether oxygens (including phenoxy) is 1. The van der Waals surface area contributed by atoms with Gasteiger partial charge in [-0.2, -0.15) is 0 Å². The molecule has 0 radical (unpaired) electrons. The first kappa shape index (κ1) is 27.7. The summed E-state index contributed by atoms with van der Waals surface area (Å²) in [6, 6.07) is -0.536. The van der Waals surface area contributed by atoms with E-state index >= 15 is 0 Å². The zero-order valence-corrected chi connectivity index (χ0v) is 21.5. The van der Waals surface area contributed by atoms with Crippen LogP contribution in [-0.4, -0.2) is 55.2 Å². The van der Waals surface area contributed by atoms with Gasteiger partial charge >= 0.3 is 0 Å². The highest BCUT2D eigenvalue weighted by molar-refractivity contribution is 5.90. The minimum atomic E-state index is -0.536. The van der Waals surface area contributed by atoms with Gasteiger partial charge in [0.15, 0.2) is 6.29 Å². The average molecular weight is 492 g/mol. The van der Waals surface area contributed by atoms with E-state index in [1.54, 1.807) is 4.90 Å². The summed E-state index contributed by atoms with van der Waals surface area (Å²) < 4.78 is 5.50.